The molecule has 6 nitrogen and oxygen atoms in total. The second-order valence-corrected chi connectivity index (χ2v) is 3.45. The molecule has 0 heterocycles. The van der Waals surface area contributed by atoms with Gasteiger partial charge in [0.25, 0.3) is 0 Å². The second-order valence-electron chi connectivity index (χ2n) is 3.45. The number of nitrogens with two attached hydrogens (primary N) is 1. The molecule has 86 valence electrons. The number of nitrogens with one attached hydrogen (secondary N) is 2. The third-order valence-electron chi connectivity index (χ3n) is 1.74. The van der Waals surface area contributed by atoms with Crippen LogP contribution in [0.4, 0.5) is 0 Å². The highest BCUT2D eigenvalue weighted by Crippen LogP contribution is 1.86. The van der Waals surface area contributed by atoms with E-state index >= 15 is 0 Å². The molecule has 0 aromatic rings. The summed E-state index contributed by atoms with van der Waals surface area (Å²) in [6.07, 6.45) is 0.609. The first-order valence-corrected chi connectivity index (χ1v) is 4.70. The molecule has 0 aromatic heterocycles. The van der Waals surface area contributed by atoms with Crippen LogP contribution in [-0.2, 0) is 14.4 Å². The minimum atomic E-state index is -0.703. The summed E-state index contributed by atoms with van der Waals surface area (Å²) in [5.74, 6) is -0.819. The van der Waals surface area contributed by atoms with Crippen molar-refractivity contribution in [2.24, 2.45) is 5.73 Å². The van der Waals surface area contributed by atoms with Crippen molar-refractivity contribution in [1.29, 1.82) is 0 Å². The van der Waals surface area contributed by atoms with Crippen molar-refractivity contribution in [3.8, 4) is 0 Å². The molecule has 0 unspecified atom stereocenters. The molecule has 0 aliphatic carbocycles. The van der Waals surface area contributed by atoms with Crippen molar-refractivity contribution < 1.29 is 14.4 Å². The number of hydrogen-bond acceptors (Lipinski definition) is 4. The molecule has 15 heavy (non-hydrogen) atoms. The predicted molar refractivity (Wildman–Crippen MR) is 54.9 cm³/mol. The topological polar surface area (TPSA) is 101 Å². The Morgan fingerprint density at radius 2 is 1.67 bits per heavy atom. The van der Waals surface area contributed by atoms with E-state index in [9.17, 15) is 14.4 Å². The molecular weight excluding hydrogens is 198 g/mol. The van der Waals surface area contributed by atoms with Crippen LogP contribution in [0.15, 0.2) is 0 Å². The van der Waals surface area contributed by atoms with Crippen LogP contribution in [0, 0.1) is 0 Å². The number of aldehydes is 1. The summed E-state index contributed by atoms with van der Waals surface area (Å²) in [5, 5.41) is 4.83. The average Bonchev–Trinajstić information content (AvgIpc) is 2.16. The van der Waals surface area contributed by atoms with Crippen molar-refractivity contribution in [2.45, 2.75) is 38.9 Å². The van der Waals surface area contributed by atoms with Gasteiger partial charge in [0.15, 0.2) is 0 Å². The Morgan fingerprint density at radius 3 is 2.07 bits per heavy atom. The fraction of sp³-hybridized carbons (Fsp3) is 0.667. The van der Waals surface area contributed by atoms with Crippen LogP contribution in [-0.4, -0.2) is 36.2 Å². The molecule has 3 atom stereocenters. The van der Waals surface area contributed by atoms with Gasteiger partial charge in [0.2, 0.25) is 11.8 Å². The smallest absolute Gasteiger partial charge is 0.242 e. The van der Waals surface area contributed by atoms with E-state index in [-0.39, 0.29) is 0 Å². The van der Waals surface area contributed by atoms with E-state index in [1.165, 1.54) is 13.8 Å². The highest BCUT2D eigenvalue weighted by molar-refractivity contribution is 5.90. The molecule has 0 bridgehead atoms. The van der Waals surface area contributed by atoms with Crippen LogP contribution in [0.1, 0.15) is 20.8 Å². The SMILES string of the molecule is C[C@H](N)C(=O)N[C@H](C)C(=O)N[C@@H](C)C=O. The third-order valence-corrected chi connectivity index (χ3v) is 1.74. The van der Waals surface area contributed by atoms with Crippen LogP contribution < -0.4 is 16.4 Å². The van der Waals surface area contributed by atoms with E-state index in [1.807, 2.05) is 0 Å². The molecule has 4 N–H and O–H groups in total. The van der Waals surface area contributed by atoms with Gasteiger partial charge in [-0.2, -0.15) is 0 Å². The van der Waals surface area contributed by atoms with Crippen LogP contribution in [0.5, 0.6) is 0 Å². The standard InChI is InChI=1S/C9H17N3O3/c1-5(4-13)11-9(15)7(3)12-8(14)6(2)10/h4-7H,10H2,1-3H3,(H,11,15)(H,12,14)/t5-,6-,7+/m0/s1. The summed E-state index contributed by atoms with van der Waals surface area (Å²) in [4.78, 5) is 32.7. The largest absolute Gasteiger partial charge is 0.345 e. The zero-order chi connectivity index (χ0) is 12.0. The third kappa shape index (κ3) is 5.11. The lowest BCUT2D eigenvalue weighted by Gasteiger charge is -2.16. The molecule has 0 rings (SSSR count). The van der Waals surface area contributed by atoms with Gasteiger partial charge in [-0.3, -0.25) is 9.59 Å². The van der Waals surface area contributed by atoms with Gasteiger partial charge in [0.05, 0.1) is 12.1 Å². The fourth-order valence-electron chi connectivity index (χ4n) is 0.794. The maximum absolute atomic E-state index is 11.3. The average molecular weight is 215 g/mol. The summed E-state index contributed by atoms with van der Waals surface area (Å²) >= 11 is 0. The van der Waals surface area contributed by atoms with Crippen molar-refractivity contribution in [3.63, 3.8) is 0 Å². The quantitative estimate of drug-likeness (QED) is 0.488. The molecule has 0 saturated heterocycles. The molecular formula is C9H17N3O3. The first-order valence-electron chi connectivity index (χ1n) is 4.70. The Hall–Kier alpha value is -1.43. The van der Waals surface area contributed by atoms with Gasteiger partial charge in [0.1, 0.15) is 12.3 Å². The zero-order valence-corrected chi connectivity index (χ0v) is 9.11. The fourth-order valence-corrected chi connectivity index (χ4v) is 0.794. The minimum absolute atomic E-state index is 0.406. The van der Waals surface area contributed by atoms with Crippen molar-refractivity contribution in [1.82, 2.24) is 10.6 Å². The molecule has 6 heteroatoms. The molecule has 0 fully saturated rings. The number of amides is 2. The Bertz CT molecular complexity index is 253. The molecule has 2 amide bonds. The van der Waals surface area contributed by atoms with Gasteiger partial charge in [-0.05, 0) is 20.8 Å². The molecule has 0 spiro atoms. The van der Waals surface area contributed by atoms with Gasteiger partial charge in [-0.25, -0.2) is 0 Å². The second kappa shape index (κ2) is 6.13. The molecule has 0 radical (unpaired) electrons. The lowest BCUT2D eigenvalue weighted by molar-refractivity contribution is -0.129. The Kier molecular flexibility index (Phi) is 5.54. The van der Waals surface area contributed by atoms with Crippen LogP contribution >= 0.6 is 0 Å². The van der Waals surface area contributed by atoms with Crippen LogP contribution in [0.25, 0.3) is 0 Å². The zero-order valence-electron chi connectivity index (χ0n) is 9.11. The lowest BCUT2D eigenvalue weighted by atomic mass is 10.2. The summed E-state index contributed by atoms with van der Waals surface area (Å²) < 4.78 is 0. The van der Waals surface area contributed by atoms with Crippen molar-refractivity contribution in [3.05, 3.63) is 0 Å². The first-order chi connectivity index (χ1) is 6.88. The Morgan fingerprint density at radius 1 is 1.13 bits per heavy atom. The predicted octanol–water partition coefficient (Wildman–Crippen LogP) is -1.46. The Labute approximate surface area is 88.6 Å². The van der Waals surface area contributed by atoms with E-state index in [4.69, 9.17) is 5.73 Å². The van der Waals surface area contributed by atoms with Crippen molar-refractivity contribution in [2.75, 3.05) is 0 Å². The van der Waals surface area contributed by atoms with Gasteiger partial charge in [-0.1, -0.05) is 0 Å². The number of carbonyl (C=O) groups is 3. The summed E-state index contributed by atoms with van der Waals surface area (Å²) in [5.41, 5.74) is 5.31. The summed E-state index contributed by atoms with van der Waals surface area (Å²) in [7, 11) is 0. The normalized spacial score (nSPS) is 16.0. The van der Waals surface area contributed by atoms with Gasteiger partial charge in [-0.15, -0.1) is 0 Å². The minimum Gasteiger partial charge on any atom is -0.345 e. The van der Waals surface area contributed by atoms with Gasteiger partial charge in [0, 0.05) is 0 Å². The van der Waals surface area contributed by atoms with E-state index in [0.29, 0.717) is 6.29 Å². The lowest BCUT2D eigenvalue weighted by Crippen LogP contribution is -2.51. The number of hydrogen-bond donors (Lipinski definition) is 3. The monoisotopic (exact) mass is 215 g/mol. The molecule has 0 aliphatic rings. The van der Waals surface area contributed by atoms with Gasteiger partial charge >= 0.3 is 0 Å². The molecule has 0 saturated carbocycles. The molecule has 0 aliphatic heterocycles. The van der Waals surface area contributed by atoms with E-state index in [0.717, 1.165) is 0 Å². The maximum Gasteiger partial charge on any atom is 0.242 e. The summed E-state index contributed by atoms with van der Waals surface area (Å²) in [6, 6.07) is -1.93. The van der Waals surface area contributed by atoms with E-state index < -0.39 is 29.9 Å². The van der Waals surface area contributed by atoms with Crippen LogP contribution in [0.3, 0.4) is 0 Å². The highest BCUT2D eigenvalue weighted by Gasteiger charge is 2.18. The van der Waals surface area contributed by atoms with E-state index in [2.05, 4.69) is 10.6 Å². The number of rotatable bonds is 5. The maximum atomic E-state index is 11.3. The summed E-state index contributed by atoms with van der Waals surface area (Å²) in [6.45, 7) is 4.59. The molecule has 0 aromatic carbocycles. The first kappa shape index (κ1) is 13.6. The van der Waals surface area contributed by atoms with Crippen molar-refractivity contribution >= 4 is 18.1 Å². The highest BCUT2D eigenvalue weighted by atomic mass is 16.2. The van der Waals surface area contributed by atoms with Crippen LogP contribution in [0.2, 0.25) is 0 Å². The van der Waals surface area contributed by atoms with Gasteiger partial charge < -0.3 is 21.2 Å². The number of carbonyl (C=O) groups excluding carboxylic acids is 3. The Balaban J connectivity index is 4.10. The van der Waals surface area contributed by atoms with E-state index in [1.54, 1.807) is 6.92 Å².